The van der Waals surface area contributed by atoms with Crippen molar-refractivity contribution in [3.05, 3.63) is 34.9 Å². The molecular weight excluding hydrogens is 208 g/mol. The summed E-state index contributed by atoms with van der Waals surface area (Å²) in [7, 11) is 0. The van der Waals surface area contributed by atoms with Crippen molar-refractivity contribution < 1.29 is 4.79 Å². The van der Waals surface area contributed by atoms with Gasteiger partial charge >= 0.3 is 0 Å². The van der Waals surface area contributed by atoms with E-state index in [2.05, 4.69) is 6.07 Å². The molecule has 0 aromatic heterocycles. The molecule has 2 fully saturated rings. The summed E-state index contributed by atoms with van der Waals surface area (Å²) in [6, 6.07) is 8.03. The summed E-state index contributed by atoms with van der Waals surface area (Å²) < 4.78 is 0. The van der Waals surface area contributed by atoms with Gasteiger partial charge in [-0.15, -0.1) is 0 Å². The molecular formula is C13H13ClO. The van der Waals surface area contributed by atoms with Gasteiger partial charge in [0.25, 0.3) is 0 Å². The molecule has 0 spiro atoms. The molecule has 78 valence electrons. The van der Waals surface area contributed by atoms with Crippen LogP contribution in [0.25, 0.3) is 0 Å². The lowest BCUT2D eigenvalue weighted by atomic mass is 9.88. The molecule has 1 aromatic rings. The number of benzene rings is 1. The van der Waals surface area contributed by atoms with Crippen molar-refractivity contribution in [1.82, 2.24) is 0 Å². The Morgan fingerprint density at radius 1 is 1.40 bits per heavy atom. The molecule has 2 aliphatic rings. The second-order valence-electron chi connectivity index (χ2n) is 4.77. The van der Waals surface area contributed by atoms with Gasteiger partial charge in [0.2, 0.25) is 0 Å². The lowest BCUT2D eigenvalue weighted by Gasteiger charge is -2.15. The number of aldehydes is 1. The number of rotatable bonds is 3. The molecule has 1 aromatic carbocycles. The summed E-state index contributed by atoms with van der Waals surface area (Å²) in [4.78, 5) is 10.9. The molecule has 0 aliphatic heterocycles. The summed E-state index contributed by atoms with van der Waals surface area (Å²) >= 11 is 6.01. The molecule has 15 heavy (non-hydrogen) atoms. The first-order chi connectivity index (χ1) is 7.27. The summed E-state index contributed by atoms with van der Waals surface area (Å²) in [5.41, 5.74) is 1.43. The van der Waals surface area contributed by atoms with E-state index in [-0.39, 0.29) is 11.3 Å². The van der Waals surface area contributed by atoms with Gasteiger partial charge in [-0.25, -0.2) is 0 Å². The molecule has 0 N–H and O–H groups in total. The third-order valence-corrected chi connectivity index (χ3v) is 4.13. The lowest BCUT2D eigenvalue weighted by molar-refractivity contribution is -0.109. The van der Waals surface area contributed by atoms with Gasteiger partial charge in [0.1, 0.15) is 6.29 Å². The van der Waals surface area contributed by atoms with E-state index in [9.17, 15) is 4.79 Å². The highest BCUT2D eigenvalue weighted by molar-refractivity contribution is 6.30. The van der Waals surface area contributed by atoms with Crippen LogP contribution in [0.3, 0.4) is 0 Å². The minimum absolute atomic E-state index is 0.159. The average molecular weight is 221 g/mol. The second kappa shape index (κ2) is 3.08. The van der Waals surface area contributed by atoms with Gasteiger partial charge in [-0.3, -0.25) is 0 Å². The van der Waals surface area contributed by atoms with E-state index in [1.165, 1.54) is 18.4 Å². The van der Waals surface area contributed by atoms with Crippen molar-refractivity contribution in [3.8, 4) is 0 Å². The van der Waals surface area contributed by atoms with Crippen LogP contribution in [0.2, 0.25) is 5.02 Å². The fraction of sp³-hybridized carbons (Fsp3) is 0.462. The topological polar surface area (TPSA) is 17.1 Å². The SMILES string of the molecule is O=CC1CC1(c1cccc(Cl)c1)C1CC1. The predicted octanol–water partition coefficient (Wildman–Crippen LogP) is 3.21. The molecule has 0 radical (unpaired) electrons. The zero-order valence-corrected chi connectivity index (χ0v) is 9.20. The van der Waals surface area contributed by atoms with E-state index in [1.54, 1.807) is 0 Å². The van der Waals surface area contributed by atoms with Crippen LogP contribution < -0.4 is 0 Å². The predicted molar refractivity (Wildman–Crippen MR) is 60.0 cm³/mol. The minimum atomic E-state index is 0.159. The number of hydrogen-bond acceptors (Lipinski definition) is 1. The molecule has 0 amide bonds. The highest BCUT2D eigenvalue weighted by Crippen LogP contribution is 2.65. The van der Waals surface area contributed by atoms with Crippen molar-refractivity contribution in [3.63, 3.8) is 0 Å². The van der Waals surface area contributed by atoms with Crippen LogP contribution in [-0.2, 0) is 10.2 Å². The maximum Gasteiger partial charge on any atom is 0.124 e. The lowest BCUT2D eigenvalue weighted by Crippen LogP contribution is -2.13. The molecule has 2 saturated carbocycles. The average Bonchev–Trinajstić information content (AvgIpc) is 3.11. The summed E-state index contributed by atoms with van der Waals surface area (Å²) in [5, 5.41) is 0.782. The monoisotopic (exact) mass is 220 g/mol. The first kappa shape index (κ1) is 9.41. The molecule has 1 nitrogen and oxygen atoms in total. The van der Waals surface area contributed by atoms with Gasteiger partial charge in [0.15, 0.2) is 0 Å². The van der Waals surface area contributed by atoms with E-state index < -0.39 is 0 Å². The van der Waals surface area contributed by atoms with Gasteiger partial charge < -0.3 is 4.79 Å². The first-order valence-corrected chi connectivity index (χ1v) is 5.86. The highest BCUT2D eigenvalue weighted by atomic mass is 35.5. The summed E-state index contributed by atoms with van der Waals surface area (Å²) in [6.45, 7) is 0. The normalized spacial score (nSPS) is 33.8. The van der Waals surface area contributed by atoms with Gasteiger partial charge in [0.05, 0.1) is 0 Å². The van der Waals surface area contributed by atoms with Crippen LogP contribution in [-0.4, -0.2) is 6.29 Å². The Balaban J connectivity index is 2.00. The van der Waals surface area contributed by atoms with Crippen molar-refractivity contribution in [2.45, 2.75) is 24.7 Å². The van der Waals surface area contributed by atoms with E-state index in [1.807, 2.05) is 18.2 Å². The molecule has 2 unspecified atom stereocenters. The molecule has 0 saturated heterocycles. The molecule has 2 aliphatic carbocycles. The summed E-state index contributed by atoms with van der Waals surface area (Å²) in [5.74, 6) is 0.967. The van der Waals surface area contributed by atoms with Gasteiger partial charge in [-0.05, 0) is 42.9 Å². The van der Waals surface area contributed by atoms with Crippen molar-refractivity contribution in [2.24, 2.45) is 11.8 Å². The van der Waals surface area contributed by atoms with E-state index in [0.29, 0.717) is 0 Å². The van der Waals surface area contributed by atoms with Crippen molar-refractivity contribution in [2.75, 3.05) is 0 Å². The van der Waals surface area contributed by atoms with Crippen LogP contribution in [0.5, 0.6) is 0 Å². The molecule has 0 heterocycles. The zero-order chi connectivity index (χ0) is 10.5. The van der Waals surface area contributed by atoms with Crippen LogP contribution in [0.4, 0.5) is 0 Å². The number of carbonyl (C=O) groups is 1. The van der Waals surface area contributed by atoms with Crippen LogP contribution in [0.1, 0.15) is 24.8 Å². The minimum Gasteiger partial charge on any atom is -0.303 e. The molecule has 2 atom stereocenters. The van der Waals surface area contributed by atoms with Gasteiger partial charge in [-0.2, -0.15) is 0 Å². The Kier molecular flexibility index (Phi) is 1.93. The van der Waals surface area contributed by atoms with Gasteiger partial charge in [0, 0.05) is 16.4 Å². The Morgan fingerprint density at radius 2 is 2.20 bits per heavy atom. The van der Waals surface area contributed by atoms with Crippen LogP contribution in [0.15, 0.2) is 24.3 Å². The maximum atomic E-state index is 10.9. The summed E-state index contributed by atoms with van der Waals surface area (Å²) in [6.07, 6.45) is 4.70. The Bertz CT molecular complexity index is 411. The third-order valence-electron chi connectivity index (χ3n) is 3.89. The molecule has 3 rings (SSSR count). The van der Waals surface area contributed by atoms with E-state index in [4.69, 9.17) is 11.6 Å². The van der Waals surface area contributed by atoms with Crippen LogP contribution >= 0.6 is 11.6 Å². The third kappa shape index (κ3) is 1.33. The Morgan fingerprint density at radius 3 is 2.73 bits per heavy atom. The number of hydrogen-bond donors (Lipinski definition) is 0. The molecule has 0 bridgehead atoms. The second-order valence-corrected chi connectivity index (χ2v) is 5.21. The van der Waals surface area contributed by atoms with E-state index in [0.717, 1.165) is 23.6 Å². The Hall–Kier alpha value is -0.820. The fourth-order valence-electron chi connectivity index (χ4n) is 2.89. The van der Waals surface area contributed by atoms with Crippen molar-refractivity contribution >= 4 is 17.9 Å². The van der Waals surface area contributed by atoms with Crippen molar-refractivity contribution in [1.29, 1.82) is 0 Å². The van der Waals surface area contributed by atoms with Gasteiger partial charge in [-0.1, -0.05) is 23.7 Å². The number of halogens is 1. The maximum absolute atomic E-state index is 10.9. The first-order valence-electron chi connectivity index (χ1n) is 5.49. The number of carbonyl (C=O) groups excluding carboxylic acids is 1. The van der Waals surface area contributed by atoms with E-state index >= 15 is 0 Å². The zero-order valence-electron chi connectivity index (χ0n) is 8.45. The Labute approximate surface area is 94.4 Å². The molecule has 2 heteroatoms. The standard InChI is InChI=1S/C13H13ClO/c14-12-3-1-2-10(6-12)13(9-4-5-9)7-11(13)8-15/h1-3,6,8-9,11H,4-5,7H2. The smallest absolute Gasteiger partial charge is 0.124 e. The fourth-order valence-corrected chi connectivity index (χ4v) is 3.08. The van der Waals surface area contributed by atoms with Crippen LogP contribution in [0, 0.1) is 11.8 Å². The highest BCUT2D eigenvalue weighted by Gasteiger charge is 2.62. The quantitative estimate of drug-likeness (QED) is 0.715. The largest absolute Gasteiger partial charge is 0.303 e.